The summed E-state index contributed by atoms with van der Waals surface area (Å²) in [6.07, 6.45) is 3.48. The summed E-state index contributed by atoms with van der Waals surface area (Å²) in [5.74, 6) is -0.362. The van der Waals surface area contributed by atoms with Gasteiger partial charge >= 0.3 is 12.0 Å². The molecular formula is C8H14N2O4. The molecule has 0 radical (unpaired) electrons. The molecule has 0 atom stereocenters. The molecule has 1 aliphatic carbocycles. The summed E-state index contributed by atoms with van der Waals surface area (Å²) in [6.45, 7) is 0.0724. The van der Waals surface area contributed by atoms with E-state index in [1.807, 2.05) is 5.48 Å². The van der Waals surface area contributed by atoms with Crippen LogP contribution in [-0.2, 0) is 9.63 Å². The van der Waals surface area contributed by atoms with E-state index < -0.39 is 18.6 Å². The van der Waals surface area contributed by atoms with Crippen LogP contribution in [0.5, 0.6) is 0 Å². The van der Waals surface area contributed by atoms with Gasteiger partial charge in [-0.05, 0) is 12.3 Å². The minimum Gasteiger partial charge on any atom is -0.479 e. The van der Waals surface area contributed by atoms with Gasteiger partial charge in [0.15, 0.2) is 6.61 Å². The van der Waals surface area contributed by atoms with Gasteiger partial charge < -0.3 is 10.4 Å². The molecule has 80 valence electrons. The first-order chi connectivity index (χ1) is 6.68. The number of aliphatic carboxylic acids is 1. The molecule has 1 aliphatic rings. The van der Waals surface area contributed by atoms with Crippen LogP contribution in [0.3, 0.4) is 0 Å². The van der Waals surface area contributed by atoms with Crippen molar-refractivity contribution in [2.24, 2.45) is 5.92 Å². The number of carbonyl (C=O) groups excluding carboxylic acids is 1. The highest BCUT2D eigenvalue weighted by Crippen LogP contribution is 2.31. The standard InChI is InChI=1S/C8H14N2O4/c11-7(12)5-14-10-8(13)9-4-3-6-1-2-6/h6H,1-5H2,(H,11,12)(H2,9,10,13). The highest BCUT2D eigenvalue weighted by Gasteiger charge is 2.20. The summed E-state index contributed by atoms with van der Waals surface area (Å²) >= 11 is 0. The number of urea groups is 1. The summed E-state index contributed by atoms with van der Waals surface area (Å²) in [5, 5.41) is 10.7. The highest BCUT2D eigenvalue weighted by atomic mass is 16.7. The minimum atomic E-state index is -1.12. The van der Waals surface area contributed by atoms with Gasteiger partial charge in [0.05, 0.1) is 0 Å². The second kappa shape index (κ2) is 5.43. The van der Waals surface area contributed by atoms with Crippen LogP contribution in [-0.4, -0.2) is 30.3 Å². The van der Waals surface area contributed by atoms with Gasteiger partial charge in [-0.25, -0.2) is 15.1 Å². The Morgan fingerprint density at radius 3 is 2.71 bits per heavy atom. The van der Waals surface area contributed by atoms with Crippen molar-refractivity contribution in [2.75, 3.05) is 13.2 Å². The predicted octanol–water partition coefficient (Wildman–Crippen LogP) is 0.102. The Morgan fingerprint density at radius 1 is 1.43 bits per heavy atom. The SMILES string of the molecule is O=C(O)CONC(=O)NCCC1CC1. The molecule has 6 heteroatoms. The fourth-order valence-electron chi connectivity index (χ4n) is 0.996. The van der Waals surface area contributed by atoms with Crippen molar-refractivity contribution in [2.45, 2.75) is 19.3 Å². The zero-order valence-electron chi connectivity index (χ0n) is 7.78. The summed E-state index contributed by atoms with van der Waals surface area (Å²) in [6, 6.07) is -0.494. The minimum absolute atomic E-state index is 0.494. The summed E-state index contributed by atoms with van der Waals surface area (Å²) in [4.78, 5) is 25.3. The van der Waals surface area contributed by atoms with Crippen LogP contribution in [0, 0.1) is 5.92 Å². The zero-order chi connectivity index (χ0) is 10.4. The molecular weight excluding hydrogens is 188 g/mol. The maximum atomic E-state index is 10.9. The van der Waals surface area contributed by atoms with Crippen LogP contribution in [0.15, 0.2) is 0 Å². The number of hydrogen-bond donors (Lipinski definition) is 3. The lowest BCUT2D eigenvalue weighted by molar-refractivity contribution is -0.144. The Morgan fingerprint density at radius 2 is 2.14 bits per heavy atom. The Bertz CT molecular complexity index is 215. The van der Waals surface area contributed by atoms with Gasteiger partial charge in [-0.15, -0.1) is 0 Å². The molecule has 1 saturated carbocycles. The average molecular weight is 202 g/mol. The van der Waals surface area contributed by atoms with E-state index >= 15 is 0 Å². The smallest absolute Gasteiger partial charge is 0.338 e. The third kappa shape index (κ3) is 5.36. The van der Waals surface area contributed by atoms with Crippen molar-refractivity contribution < 1.29 is 19.5 Å². The largest absolute Gasteiger partial charge is 0.479 e. The van der Waals surface area contributed by atoms with Crippen molar-refractivity contribution in [3.8, 4) is 0 Å². The van der Waals surface area contributed by atoms with Crippen molar-refractivity contribution in [1.29, 1.82) is 0 Å². The normalized spacial score (nSPS) is 14.9. The lowest BCUT2D eigenvalue weighted by Gasteiger charge is -2.05. The second-order valence-electron chi connectivity index (χ2n) is 3.27. The third-order valence-corrected chi connectivity index (χ3v) is 1.90. The number of hydrogen-bond acceptors (Lipinski definition) is 3. The first-order valence-electron chi connectivity index (χ1n) is 4.56. The van der Waals surface area contributed by atoms with Crippen molar-refractivity contribution >= 4 is 12.0 Å². The van der Waals surface area contributed by atoms with E-state index in [9.17, 15) is 9.59 Å². The van der Waals surface area contributed by atoms with E-state index in [0.29, 0.717) is 6.54 Å². The number of rotatable bonds is 6. The molecule has 0 aromatic carbocycles. The topological polar surface area (TPSA) is 87.7 Å². The van der Waals surface area contributed by atoms with Crippen molar-refractivity contribution in [3.05, 3.63) is 0 Å². The number of hydroxylamine groups is 1. The molecule has 0 saturated heterocycles. The average Bonchev–Trinajstić information content (AvgIpc) is 2.87. The van der Waals surface area contributed by atoms with Gasteiger partial charge in [-0.3, -0.25) is 4.84 Å². The Kier molecular flexibility index (Phi) is 4.18. The van der Waals surface area contributed by atoms with E-state index in [-0.39, 0.29) is 0 Å². The summed E-state index contributed by atoms with van der Waals surface area (Å²) in [5.41, 5.74) is 1.98. The van der Waals surface area contributed by atoms with Crippen LogP contribution < -0.4 is 10.8 Å². The highest BCUT2D eigenvalue weighted by molar-refractivity contribution is 5.73. The van der Waals surface area contributed by atoms with E-state index in [4.69, 9.17) is 5.11 Å². The van der Waals surface area contributed by atoms with E-state index in [2.05, 4.69) is 10.2 Å². The molecule has 6 nitrogen and oxygen atoms in total. The maximum absolute atomic E-state index is 10.9. The van der Waals surface area contributed by atoms with Gasteiger partial charge in [-0.2, -0.15) is 0 Å². The van der Waals surface area contributed by atoms with Crippen LogP contribution in [0.1, 0.15) is 19.3 Å². The molecule has 1 fully saturated rings. The van der Waals surface area contributed by atoms with Crippen LogP contribution in [0.2, 0.25) is 0 Å². The molecule has 0 aromatic rings. The number of nitrogens with one attached hydrogen (secondary N) is 2. The molecule has 0 unspecified atom stereocenters. The van der Waals surface area contributed by atoms with Crippen molar-refractivity contribution in [3.63, 3.8) is 0 Å². The lowest BCUT2D eigenvalue weighted by Crippen LogP contribution is -2.37. The second-order valence-corrected chi connectivity index (χ2v) is 3.27. The zero-order valence-corrected chi connectivity index (χ0v) is 7.78. The maximum Gasteiger partial charge on any atom is 0.338 e. The summed E-state index contributed by atoms with van der Waals surface area (Å²) < 4.78 is 0. The van der Waals surface area contributed by atoms with Crippen molar-refractivity contribution in [1.82, 2.24) is 10.8 Å². The van der Waals surface area contributed by atoms with Gasteiger partial charge in [0, 0.05) is 6.54 Å². The quantitative estimate of drug-likeness (QED) is 0.533. The molecule has 3 N–H and O–H groups in total. The third-order valence-electron chi connectivity index (χ3n) is 1.90. The molecule has 2 amide bonds. The van der Waals surface area contributed by atoms with E-state index in [0.717, 1.165) is 12.3 Å². The number of amides is 2. The fraction of sp³-hybridized carbons (Fsp3) is 0.750. The Hall–Kier alpha value is -1.30. The van der Waals surface area contributed by atoms with E-state index in [1.54, 1.807) is 0 Å². The molecule has 0 aliphatic heterocycles. The van der Waals surface area contributed by atoms with Gasteiger partial charge in [0.2, 0.25) is 0 Å². The molecule has 1 rings (SSSR count). The van der Waals surface area contributed by atoms with Crippen LogP contribution >= 0.6 is 0 Å². The number of carbonyl (C=O) groups is 2. The lowest BCUT2D eigenvalue weighted by atomic mass is 10.3. The number of carboxylic acid groups (broad SMARTS) is 1. The molecule has 14 heavy (non-hydrogen) atoms. The molecule has 0 heterocycles. The molecule has 0 spiro atoms. The Balaban J connectivity index is 1.89. The van der Waals surface area contributed by atoms with Crippen LogP contribution in [0.4, 0.5) is 4.79 Å². The number of carboxylic acids is 1. The molecule has 0 aromatic heterocycles. The van der Waals surface area contributed by atoms with Gasteiger partial charge in [0.1, 0.15) is 0 Å². The van der Waals surface area contributed by atoms with Crippen LogP contribution in [0.25, 0.3) is 0 Å². The first-order valence-corrected chi connectivity index (χ1v) is 4.56. The molecule has 0 bridgehead atoms. The first kappa shape index (κ1) is 10.8. The Labute approximate surface area is 81.6 Å². The monoisotopic (exact) mass is 202 g/mol. The van der Waals surface area contributed by atoms with Gasteiger partial charge in [0.25, 0.3) is 0 Å². The fourth-order valence-corrected chi connectivity index (χ4v) is 0.996. The summed E-state index contributed by atoms with van der Waals surface area (Å²) in [7, 11) is 0. The van der Waals surface area contributed by atoms with Gasteiger partial charge in [-0.1, -0.05) is 12.8 Å². The predicted molar refractivity (Wildman–Crippen MR) is 47.5 cm³/mol. The van der Waals surface area contributed by atoms with E-state index in [1.165, 1.54) is 12.8 Å².